The average Bonchev–Trinajstić information content (AvgIpc) is 2.80. The molecule has 1 aliphatic heterocycles. The van der Waals surface area contributed by atoms with Crippen LogP contribution < -0.4 is 5.32 Å². The second-order valence-corrected chi connectivity index (χ2v) is 5.76. The summed E-state index contributed by atoms with van der Waals surface area (Å²) >= 11 is 2.06. The molecule has 1 saturated heterocycles. The molecule has 0 bridgehead atoms. The van der Waals surface area contributed by atoms with Gasteiger partial charge in [-0.3, -0.25) is 0 Å². The van der Waals surface area contributed by atoms with Crippen molar-refractivity contribution in [2.24, 2.45) is 0 Å². The minimum Gasteiger partial charge on any atom is -0.367 e. The summed E-state index contributed by atoms with van der Waals surface area (Å²) in [6, 6.07) is 0.626. The number of hydrogen-bond donors (Lipinski definition) is 1. The minimum atomic E-state index is 0.626. The van der Waals surface area contributed by atoms with E-state index in [0.717, 1.165) is 18.7 Å². The number of thioether (sulfide) groups is 1. The molecule has 86 valence electrons. The highest BCUT2D eigenvalue weighted by Gasteiger charge is 2.20. The molecule has 1 aliphatic carbocycles. The number of anilines is 1. The fourth-order valence-corrected chi connectivity index (χ4v) is 3.63. The van der Waals surface area contributed by atoms with Crippen LogP contribution in [0.25, 0.3) is 0 Å². The molecule has 16 heavy (non-hydrogen) atoms. The zero-order valence-electron chi connectivity index (χ0n) is 9.41. The average molecular weight is 235 g/mol. The first kappa shape index (κ1) is 10.4. The number of nitrogens with one attached hydrogen (secondary N) is 1. The number of aromatic nitrogens is 2. The maximum Gasteiger partial charge on any atom is 0.133 e. The van der Waals surface area contributed by atoms with Crippen molar-refractivity contribution in [3.05, 3.63) is 17.6 Å². The van der Waals surface area contributed by atoms with E-state index in [-0.39, 0.29) is 0 Å². The Bertz CT molecular complexity index is 375. The topological polar surface area (TPSA) is 37.8 Å². The lowest BCUT2D eigenvalue weighted by molar-refractivity contribution is 0.662. The van der Waals surface area contributed by atoms with Crippen LogP contribution in [-0.4, -0.2) is 27.5 Å². The predicted molar refractivity (Wildman–Crippen MR) is 68.0 cm³/mol. The molecule has 0 saturated carbocycles. The van der Waals surface area contributed by atoms with Gasteiger partial charge in [0.1, 0.15) is 12.1 Å². The second kappa shape index (κ2) is 4.62. The summed E-state index contributed by atoms with van der Waals surface area (Å²) in [5.41, 5.74) is 2.64. The fraction of sp³-hybridized carbons (Fsp3) is 0.667. The Balaban J connectivity index is 1.76. The molecule has 3 nitrogen and oxygen atoms in total. The molecule has 1 aromatic rings. The molecule has 1 N–H and O–H groups in total. The van der Waals surface area contributed by atoms with Gasteiger partial charge in [-0.25, -0.2) is 9.97 Å². The lowest BCUT2D eigenvalue weighted by Crippen LogP contribution is -2.25. The zero-order valence-corrected chi connectivity index (χ0v) is 10.2. The Morgan fingerprint density at radius 1 is 1.19 bits per heavy atom. The van der Waals surface area contributed by atoms with E-state index < -0.39 is 0 Å². The van der Waals surface area contributed by atoms with Crippen LogP contribution in [0.2, 0.25) is 0 Å². The van der Waals surface area contributed by atoms with Gasteiger partial charge in [0.2, 0.25) is 0 Å². The number of fused-ring (bicyclic) bond motifs is 1. The van der Waals surface area contributed by atoms with E-state index in [4.69, 9.17) is 0 Å². The van der Waals surface area contributed by atoms with E-state index in [1.165, 1.54) is 42.0 Å². The van der Waals surface area contributed by atoms with Gasteiger partial charge in [0.05, 0.1) is 0 Å². The molecule has 2 aliphatic rings. The number of aryl methyl sites for hydroxylation is 1. The highest BCUT2D eigenvalue weighted by atomic mass is 32.2. The van der Waals surface area contributed by atoms with Crippen molar-refractivity contribution in [2.45, 2.75) is 38.1 Å². The molecule has 0 unspecified atom stereocenters. The van der Waals surface area contributed by atoms with Crippen molar-refractivity contribution in [2.75, 3.05) is 16.8 Å². The minimum absolute atomic E-state index is 0.626. The van der Waals surface area contributed by atoms with Crippen LogP contribution >= 0.6 is 11.8 Å². The maximum atomic E-state index is 4.42. The third-order valence-corrected chi connectivity index (χ3v) is 4.49. The molecule has 1 aromatic heterocycles. The third kappa shape index (κ3) is 2.03. The van der Waals surface area contributed by atoms with Gasteiger partial charge in [-0.15, -0.1) is 0 Å². The largest absolute Gasteiger partial charge is 0.367 e. The van der Waals surface area contributed by atoms with Crippen molar-refractivity contribution in [3.8, 4) is 0 Å². The number of hydrogen-bond acceptors (Lipinski definition) is 4. The van der Waals surface area contributed by atoms with Crippen molar-refractivity contribution in [1.82, 2.24) is 9.97 Å². The molecule has 4 heteroatoms. The Labute approximate surface area is 100 Å². The lowest BCUT2D eigenvalue weighted by atomic mass is 10.1. The fourth-order valence-electron chi connectivity index (χ4n) is 2.52. The van der Waals surface area contributed by atoms with E-state index >= 15 is 0 Å². The van der Waals surface area contributed by atoms with E-state index in [9.17, 15) is 0 Å². The molecular formula is C12H17N3S. The van der Waals surface area contributed by atoms with Crippen LogP contribution in [0, 0.1) is 0 Å². The van der Waals surface area contributed by atoms with Crippen molar-refractivity contribution in [3.63, 3.8) is 0 Å². The smallest absolute Gasteiger partial charge is 0.133 e. The van der Waals surface area contributed by atoms with Gasteiger partial charge in [0.25, 0.3) is 0 Å². The molecule has 2 heterocycles. The van der Waals surface area contributed by atoms with Gasteiger partial charge in [-0.05, 0) is 43.6 Å². The van der Waals surface area contributed by atoms with Crippen LogP contribution in [0.5, 0.6) is 0 Å². The van der Waals surface area contributed by atoms with Gasteiger partial charge in [0, 0.05) is 17.3 Å². The van der Waals surface area contributed by atoms with Gasteiger partial charge >= 0.3 is 0 Å². The zero-order chi connectivity index (χ0) is 10.8. The summed E-state index contributed by atoms with van der Waals surface area (Å²) in [6.07, 6.45) is 7.77. The number of rotatable bonds is 2. The molecule has 0 radical (unpaired) electrons. The van der Waals surface area contributed by atoms with Crippen LogP contribution in [-0.2, 0) is 12.8 Å². The lowest BCUT2D eigenvalue weighted by Gasteiger charge is -2.23. The van der Waals surface area contributed by atoms with Gasteiger partial charge in [0.15, 0.2) is 0 Å². The molecule has 3 rings (SSSR count). The number of nitrogens with zero attached hydrogens (tertiary/aromatic N) is 2. The van der Waals surface area contributed by atoms with Crippen LogP contribution in [0.1, 0.15) is 30.5 Å². The van der Waals surface area contributed by atoms with Gasteiger partial charge in [-0.2, -0.15) is 11.8 Å². The summed E-state index contributed by atoms with van der Waals surface area (Å²) in [5, 5.41) is 3.62. The van der Waals surface area contributed by atoms with Crippen LogP contribution in [0.3, 0.4) is 0 Å². The van der Waals surface area contributed by atoms with Gasteiger partial charge in [-0.1, -0.05) is 0 Å². The normalized spacial score (nSPS) is 20.8. The first-order valence-corrected chi connectivity index (χ1v) is 7.26. The molecule has 0 spiro atoms. The van der Waals surface area contributed by atoms with Crippen LogP contribution in [0.15, 0.2) is 6.33 Å². The SMILES string of the molecule is c1nc2c(c(NC3CCSCC3)n1)CCC2. The third-order valence-electron chi connectivity index (χ3n) is 3.44. The molecule has 0 amide bonds. The Morgan fingerprint density at radius 3 is 2.94 bits per heavy atom. The van der Waals surface area contributed by atoms with E-state index in [2.05, 4.69) is 27.0 Å². The van der Waals surface area contributed by atoms with E-state index in [1.807, 2.05) is 0 Å². The monoisotopic (exact) mass is 235 g/mol. The standard InChI is InChI=1S/C12H17N3S/c1-2-10-11(3-1)13-8-14-12(10)15-9-4-6-16-7-5-9/h8-9H,1-7H2,(H,13,14,15). The second-order valence-electron chi connectivity index (χ2n) is 4.53. The highest BCUT2D eigenvalue weighted by molar-refractivity contribution is 7.99. The summed E-state index contributed by atoms with van der Waals surface area (Å²) in [5.74, 6) is 3.68. The van der Waals surface area contributed by atoms with E-state index in [1.54, 1.807) is 6.33 Å². The van der Waals surface area contributed by atoms with Crippen molar-refractivity contribution < 1.29 is 0 Å². The Morgan fingerprint density at radius 2 is 2.06 bits per heavy atom. The molecule has 0 aromatic carbocycles. The van der Waals surface area contributed by atoms with E-state index in [0.29, 0.717) is 6.04 Å². The molecule has 1 fully saturated rings. The first-order chi connectivity index (χ1) is 7.93. The summed E-state index contributed by atoms with van der Waals surface area (Å²) in [7, 11) is 0. The van der Waals surface area contributed by atoms with Gasteiger partial charge < -0.3 is 5.32 Å². The summed E-state index contributed by atoms with van der Waals surface area (Å²) < 4.78 is 0. The highest BCUT2D eigenvalue weighted by Crippen LogP contribution is 2.27. The van der Waals surface area contributed by atoms with Crippen molar-refractivity contribution >= 4 is 17.6 Å². The summed E-state index contributed by atoms with van der Waals surface area (Å²) in [4.78, 5) is 8.77. The summed E-state index contributed by atoms with van der Waals surface area (Å²) in [6.45, 7) is 0. The Hall–Kier alpha value is -0.770. The predicted octanol–water partition coefficient (Wildman–Crippen LogP) is 2.27. The van der Waals surface area contributed by atoms with Crippen LogP contribution in [0.4, 0.5) is 5.82 Å². The Kier molecular flexibility index (Phi) is 3.00. The quantitative estimate of drug-likeness (QED) is 0.853. The first-order valence-electron chi connectivity index (χ1n) is 6.10. The molecular weight excluding hydrogens is 218 g/mol. The van der Waals surface area contributed by atoms with Crippen molar-refractivity contribution in [1.29, 1.82) is 0 Å². The molecule has 0 atom stereocenters. The maximum absolute atomic E-state index is 4.42.